The first-order valence-electron chi connectivity index (χ1n) is 14.1. The topological polar surface area (TPSA) is 47.6 Å². The molecule has 0 radical (unpaired) electrons. The molecule has 3 atom stereocenters. The van der Waals surface area contributed by atoms with E-state index in [0.29, 0.717) is 6.42 Å². The first-order chi connectivity index (χ1) is 18.3. The highest BCUT2D eigenvalue weighted by Crippen LogP contribution is 2.32. The lowest BCUT2D eigenvalue weighted by molar-refractivity contribution is 0.0491. The molecule has 0 saturated carbocycles. The van der Waals surface area contributed by atoms with Gasteiger partial charge in [0.1, 0.15) is 5.60 Å². The molecule has 0 aromatic heterocycles. The Kier molecular flexibility index (Phi) is 10.6. The van der Waals surface area contributed by atoms with Crippen molar-refractivity contribution in [1.29, 1.82) is 0 Å². The summed E-state index contributed by atoms with van der Waals surface area (Å²) in [5, 5.41) is 5.53. The predicted molar refractivity (Wildman–Crippen MR) is 167 cm³/mol. The summed E-state index contributed by atoms with van der Waals surface area (Å²) >= 11 is 0. The lowest BCUT2D eigenvalue weighted by Gasteiger charge is -2.38. The molecule has 0 fully saturated rings. The molecule has 5 heteroatoms. The number of fused-ring (bicyclic) bond motifs is 1. The summed E-state index contributed by atoms with van der Waals surface area (Å²) in [5.41, 5.74) is 1.84. The van der Waals surface area contributed by atoms with E-state index in [0.717, 1.165) is 12.0 Å². The SMILES string of the molecule is C[SiH](C)OC(C(C=C[C@@H](Cc1ccc2ccccc2c1)NC(=O)OC(C)(C)C)Cc1ccccc1)C(C)(C)C. The number of amides is 1. The number of benzene rings is 3. The van der Waals surface area contributed by atoms with E-state index in [-0.39, 0.29) is 23.5 Å². The van der Waals surface area contributed by atoms with Gasteiger partial charge in [-0.25, -0.2) is 4.79 Å². The average molecular weight is 546 g/mol. The molecule has 3 aromatic carbocycles. The molecule has 3 rings (SSSR count). The molecular formula is C34H47NO3Si. The van der Waals surface area contributed by atoms with Crippen LogP contribution in [0, 0.1) is 11.3 Å². The molecule has 0 aliphatic carbocycles. The zero-order valence-corrected chi connectivity index (χ0v) is 26.2. The molecular weight excluding hydrogens is 498 g/mol. The van der Waals surface area contributed by atoms with Crippen LogP contribution in [0.25, 0.3) is 10.8 Å². The van der Waals surface area contributed by atoms with Gasteiger partial charge < -0.3 is 14.5 Å². The Bertz CT molecular complexity index is 1220. The molecule has 0 aliphatic heterocycles. The number of alkyl carbamates (subject to hydrolysis) is 1. The van der Waals surface area contributed by atoms with Gasteiger partial charge >= 0.3 is 6.09 Å². The summed E-state index contributed by atoms with van der Waals surface area (Å²) in [6.07, 6.45) is 5.60. The van der Waals surface area contributed by atoms with Crippen LogP contribution in [0.4, 0.5) is 4.79 Å². The van der Waals surface area contributed by atoms with Crippen LogP contribution in [-0.4, -0.2) is 32.9 Å². The lowest BCUT2D eigenvalue weighted by atomic mass is 9.78. The van der Waals surface area contributed by atoms with Gasteiger partial charge in [0.15, 0.2) is 9.04 Å². The number of nitrogens with one attached hydrogen (secondary N) is 1. The Morgan fingerprint density at radius 1 is 0.821 bits per heavy atom. The average Bonchev–Trinajstić information content (AvgIpc) is 2.83. The minimum absolute atomic E-state index is 0.0342. The third-order valence-corrected chi connectivity index (χ3v) is 7.38. The second kappa shape index (κ2) is 13.4. The molecule has 0 spiro atoms. The summed E-state index contributed by atoms with van der Waals surface area (Å²) in [7, 11) is -1.29. The fourth-order valence-electron chi connectivity index (χ4n) is 4.93. The van der Waals surface area contributed by atoms with Crippen molar-refractivity contribution in [3.63, 3.8) is 0 Å². The summed E-state index contributed by atoms with van der Waals surface area (Å²) in [5.74, 6) is 0.154. The van der Waals surface area contributed by atoms with Gasteiger partial charge in [-0.1, -0.05) is 106 Å². The van der Waals surface area contributed by atoms with Crippen LogP contribution in [0.15, 0.2) is 84.9 Å². The molecule has 39 heavy (non-hydrogen) atoms. The van der Waals surface area contributed by atoms with Crippen molar-refractivity contribution in [1.82, 2.24) is 5.32 Å². The van der Waals surface area contributed by atoms with E-state index in [4.69, 9.17) is 9.16 Å². The van der Waals surface area contributed by atoms with Crippen molar-refractivity contribution in [3.05, 3.63) is 96.1 Å². The Balaban J connectivity index is 1.94. The molecule has 0 aliphatic rings. The van der Waals surface area contributed by atoms with Crippen LogP contribution >= 0.6 is 0 Å². The minimum Gasteiger partial charge on any atom is -0.444 e. The Morgan fingerprint density at radius 3 is 2.08 bits per heavy atom. The van der Waals surface area contributed by atoms with E-state index < -0.39 is 20.7 Å². The maximum atomic E-state index is 12.9. The second-order valence-electron chi connectivity index (χ2n) is 12.8. The fraction of sp³-hybridized carbons (Fsp3) is 0.441. The highest BCUT2D eigenvalue weighted by atomic mass is 28.3. The summed E-state index contributed by atoms with van der Waals surface area (Å²) in [6, 6.07) is 25.2. The molecule has 1 amide bonds. The number of hydrogen-bond acceptors (Lipinski definition) is 3. The fourth-order valence-corrected chi connectivity index (χ4v) is 6.12. The van der Waals surface area contributed by atoms with Crippen LogP contribution in [-0.2, 0) is 22.0 Å². The maximum absolute atomic E-state index is 12.9. The lowest BCUT2D eigenvalue weighted by Crippen LogP contribution is -2.41. The second-order valence-corrected chi connectivity index (χ2v) is 15.2. The van der Waals surface area contributed by atoms with Gasteiger partial charge in [-0.15, -0.1) is 0 Å². The van der Waals surface area contributed by atoms with Crippen molar-refractivity contribution in [2.45, 2.75) is 85.2 Å². The molecule has 1 N–H and O–H groups in total. The number of ether oxygens (including phenoxy) is 1. The van der Waals surface area contributed by atoms with Crippen LogP contribution in [0.1, 0.15) is 52.7 Å². The van der Waals surface area contributed by atoms with E-state index in [2.05, 4.69) is 124 Å². The van der Waals surface area contributed by atoms with Crippen LogP contribution in [0.3, 0.4) is 0 Å². The molecule has 0 saturated heterocycles. The molecule has 0 bridgehead atoms. The summed E-state index contributed by atoms with van der Waals surface area (Å²) in [6.45, 7) is 16.9. The van der Waals surface area contributed by atoms with Crippen LogP contribution < -0.4 is 5.32 Å². The minimum atomic E-state index is -1.29. The van der Waals surface area contributed by atoms with Gasteiger partial charge in [0, 0.05) is 5.92 Å². The molecule has 0 heterocycles. The molecule has 210 valence electrons. The first kappa shape index (κ1) is 30.6. The largest absolute Gasteiger partial charge is 0.444 e. The molecule has 3 aromatic rings. The van der Waals surface area contributed by atoms with Crippen LogP contribution in [0.2, 0.25) is 13.1 Å². The Morgan fingerprint density at radius 2 is 1.46 bits per heavy atom. The van der Waals surface area contributed by atoms with Crippen molar-refractivity contribution in [3.8, 4) is 0 Å². The Labute approximate surface area is 237 Å². The number of rotatable bonds is 10. The maximum Gasteiger partial charge on any atom is 0.408 e. The van der Waals surface area contributed by atoms with Crippen molar-refractivity contribution in [2.24, 2.45) is 11.3 Å². The predicted octanol–water partition coefficient (Wildman–Crippen LogP) is 8.11. The van der Waals surface area contributed by atoms with Crippen molar-refractivity contribution in [2.75, 3.05) is 0 Å². The van der Waals surface area contributed by atoms with E-state index in [1.807, 2.05) is 20.8 Å². The monoisotopic (exact) mass is 545 g/mol. The normalized spacial score (nSPS) is 14.9. The van der Waals surface area contributed by atoms with Gasteiger partial charge in [-0.3, -0.25) is 0 Å². The highest BCUT2D eigenvalue weighted by Gasteiger charge is 2.33. The van der Waals surface area contributed by atoms with Crippen molar-refractivity contribution >= 4 is 25.9 Å². The number of carbonyl (C=O) groups is 1. The standard InChI is InChI=1S/C34H47NO3Si/c1-33(2,3)31(38-39(7)8)29(22-25-14-10-9-11-15-25)20-21-30(35-32(36)37-34(4,5)6)24-26-18-19-27-16-12-13-17-28(27)23-26/h9-21,23,29-31,39H,22,24H2,1-8H3,(H,35,36)/t29?,30-,31?/m0/s1. The van der Waals surface area contributed by atoms with Gasteiger partial charge in [-0.05, 0) is 74.0 Å². The quantitative estimate of drug-likeness (QED) is 0.207. The van der Waals surface area contributed by atoms with Gasteiger partial charge in [0.05, 0.1) is 12.1 Å². The smallest absolute Gasteiger partial charge is 0.408 e. The van der Waals surface area contributed by atoms with E-state index in [1.54, 1.807) is 0 Å². The van der Waals surface area contributed by atoms with Crippen LogP contribution in [0.5, 0.6) is 0 Å². The van der Waals surface area contributed by atoms with E-state index in [9.17, 15) is 4.79 Å². The highest BCUT2D eigenvalue weighted by molar-refractivity contribution is 6.48. The first-order valence-corrected chi connectivity index (χ1v) is 16.9. The molecule has 4 nitrogen and oxygen atoms in total. The van der Waals surface area contributed by atoms with Gasteiger partial charge in [-0.2, -0.15) is 0 Å². The number of hydrogen-bond donors (Lipinski definition) is 1. The third-order valence-electron chi connectivity index (χ3n) is 6.54. The summed E-state index contributed by atoms with van der Waals surface area (Å²) in [4.78, 5) is 12.9. The zero-order chi connectivity index (χ0) is 28.6. The van der Waals surface area contributed by atoms with Crippen molar-refractivity contribution < 1.29 is 14.0 Å². The van der Waals surface area contributed by atoms with E-state index >= 15 is 0 Å². The third kappa shape index (κ3) is 10.3. The summed E-state index contributed by atoms with van der Waals surface area (Å²) < 4.78 is 12.3. The number of carbonyl (C=O) groups excluding carboxylic acids is 1. The van der Waals surface area contributed by atoms with E-state index in [1.165, 1.54) is 16.3 Å². The van der Waals surface area contributed by atoms with Gasteiger partial charge in [0.2, 0.25) is 0 Å². The Hall–Kier alpha value is -2.89. The van der Waals surface area contributed by atoms with Gasteiger partial charge in [0.25, 0.3) is 0 Å². The molecule has 2 unspecified atom stereocenters. The zero-order valence-electron chi connectivity index (χ0n) is 25.0.